The molecule has 3 nitrogen and oxygen atoms in total. The molecule has 92 valence electrons. The van der Waals surface area contributed by atoms with Gasteiger partial charge in [0.15, 0.2) is 6.23 Å². The second-order valence-electron chi connectivity index (χ2n) is 4.85. The Balaban J connectivity index is 1.88. The molecule has 0 aromatic rings. The molecule has 0 saturated carbocycles. The Labute approximate surface area is 98.6 Å². The highest BCUT2D eigenvalue weighted by Gasteiger charge is 2.31. The van der Waals surface area contributed by atoms with Gasteiger partial charge in [-0.1, -0.05) is 6.92 Å². The van der Waals surface area contributed by atoms with Crippen LogP contribution in [0.2, 0.25) is 0 Å². The summed E-state index contributed by atoms with van der Waals surface area (Å²) in [6, 6.07) is 0. The number of hydrogen-bond donors (Lipinski definition) is 2. The van der Waals surface area contributed by atoms with Gasteiger partial charge in [-0.2, -0.15) is 0 Å². The zero-order valence-electron chi connectivity index (χ0n) is 10.5. The van der Waals surface area contributed by atoms with Crippen molar-refractivity contribution in [2.45, 2.75) is 51.7 Å². The molecular formula is C13H24N2O. The van der Waals surface area contributed by atoms with Crippen LogP contribution in [0.4, 0.5) is 0 Å². The van der Waals surface area contributed by atoms with E-state index in [1.165, 1.54) is 43.6 Å². The summed E-state index contributed by atoms with van der Waals surface area (Å²) in [5.41, 5.74) is 1.39. The summed E-state index contributed by atoms with van der Waals surface area (Å²) in [7, 11) is 2.01. The maximum atomic E-state index is 6.06. The lowest BCUT2D eigenvalue weighted by molar-refractivity contribution is 0.0620. The standard InChI is InChI=1S/C13H24N2O/c1-3-10(8-9-14-2)13-15-11-6-4-5-7-12(11)16-13/h10,13-15H,3-9H2,1-2H3. The second kappa shape index (κ2) is 5.58. The van der Waals surface area contributed by atoms with Gasteiger partial charge >= 0.3 is 0 Å². The fraction of sp³-hybridized carbons (Fsp3) is 0.846. The van der Waals surface area contributed by atoms with E-state index < -0.39 is 0 Å². The van der Waals surface area contributed by atoms with E-state index in [9.17, 15) is 0 Å². The van der Waals surface area contributed by atoms with Crippen LogP contribution in [0, 0.1) is 5.92 Å². The predicted octanol–water partition coefficient (Wildman–Crippen LogP) is 2.35. The highest BCUT2D eigenvalue weighted by Crippen LogP contribution is 2.32. The maximum absolute atomic E-state index is 6.06. The van der Waals surface area contributed by atoms with Crippen LogP contribution in [-0.4, -0.2) is 19.8 Å². The number of hydrogen-bond acceptors (Lipinski definition) is 3. The Bertz CT molecular complexity index is 245. The van der Waals surface area contributed by atoms with Crippen LogP contribution in [0.5, 0.6) is 0 Å². The van der Waals surface area contributed by atoms with Crippen LogP contribution in [0.3, 0.4) is 0 Å². The summed E-state index contributed by atoms with van der Waals surface area (Å²) in [5, 5.41) is 6.80. The van der Waals surface area contributed by atoms with E-state index in [2.05, 4.69) is 17.6 Å². The van der Waals surface area contributed by atoms with Crippen molar-refractivity contribution in [2.24, 2.45) is 5.92 Å². The van der Waals surface area contributed by atoms with Crippen molar-refractivity contribution in [3.63, 3.8) is 0 Å². The molecule has 1 aliphatic carbocycles. The van der Waals surface area contributed by atoms with Crippen LogP contribution in [0.25, 0.3) is 0 Å². The molecule has 0 radical (unpaired) electrons. The third-order valence-electron chi connectivity index (χ3n) is 3.72. The normalized spacial score (nSPS) is 26.0. The lowest BCUT2D eigenvalue weighted by atomic mass is 10.00. The van der Waals surface area contributed by atoms with Gasteiger partial charge in [-0.3, -0.25) is 0 Å². The van der Waals surface area contributed by atoms with Gasteiger partial charge < -0.3 is 15.4 Å². The molecule has 3 heteroatoms. The molecular weight excluding hydrogens is 200 g/mol. The van der Waals surface area contributed by atoms with Crippen molar-refractivity contribution in [3.8, 4) is 0 Å². The molecule has 0 aromatic heterocycles. The Morgan fingerprint density at radius 2 is 2.25 bits per heavy atom. The summed E-state index contributed by atoms with van der Waals surface area (Å²) in [6.07, 6.45) is 7.54. The summed E-state index contributed by atoms with van der Waals surface area (Å²) >= 11 is 0. The molecule has 1 aliphatic heterocycles. The molecule has 2 atom stereocenters. The fourth-order valence-electron chi connectivity index (χ4n) is 2.63. The van der Waals surface area contributed by atoms with Gasteiger partial charge in [0.25, 0.3) is 0 Å². The van der Waals surface area contributed by atoms with Crippen LogP contribution < -0.4 is 10.6 Å². The molecule has 2 aliphatic rings. The predicted molar refractivity (Wildman–Crippen MR) is 65.8 cm³/mol. The average Bonchev–Trinajstić information content (AvgIpc) is 2.73. The zero-order valence-corrected chi connectivity index (χ0v) is 10.5. The molecule has 16 heavy (non-hydrogen) atoms. The molecule has 0 spiro atoms. The first-order valence-corrected chi connectivity index (χ1v) is 6.65. The Morgan fingerprint density at radius 1 is 1.44 bits per heavy atom. The molecule has 0 bridgehead atoms. The Morgan fingerprint density at radius 3 is 2.94 bits per heavy atom. The van der Waals surface area contributed by atoms with Crippen molar-refractivity contribution in [1.29, 1.82) is 0 Å². The monoisotopic (exact) mass is 224 g/mol. The molecule has 0 amide bonds. The Kier molecular flexibility index (Phi) is 4.10. The molecule has 2 rings (SSSR count). The van der Waals surface area contributed by atoms with E-state index in [1.807, 2.05) is 7.05 Å². The summed E-state index contributed by atoms with van der Waals surface area (Å²) in [5.74, 6) is 1.87. The van der Waals surface area contributed by atoms with Crippen LogP contribution >= 0.6 is 0 Å². The van der Waals surface area contributed by atoms with Gasteiger partial charge in [0, 0.05) is 12.3 Å². The summed E-state index contributed by atoms with van der Waals surface area (Å²) in [4.78, 5) is 0. The molecule has 0 fully saturated rings. The Hall–Kier alpha value is -0.700. The maximum Gasteiger partial charge on any atom is 0.172 e. The van der Waals surface area contributed by atoms with E-state index in [-0.39, 0.29) is 6.23 Å². The van der Waals surface area contributed by atoms with Gasteiger partial charge in [0.2, 0.25) is 0 Å². The largest absolute Gasteiger partial charge is 0.473 e. The molecule has 1 heterocycles. The van der Waals surface area contributed by atoms with Crippen molar-refractivity contribution in [1.82, 2.24) is 10.6 Å². The second-order valence-corrected chi connectivity index (χ2v) is 4.85. The smallest absolute Gasteiger partial charge is 0.172 e. The minimum atomic E-state index is 0.237. The van der Waals surface area contributed by atoms with Gasteiger partial charge in [-0.05, 0) is 45.7 Å². The lowest BCUT2D eigenvalue weighted by Gasteiger charge is -2.23. The van der Waals surface area contributed by atoms with Crippen LogP contribution in [-0.2, 0) is 4.74 Å². The molecule has 0 saturated heterocycles. The highest BCUT2D eigenvalue weighted by molar-refractivity contribution is 5.15. The summed E-state index contributed by atoms with van der Waals surface area (Å²) in [6.45, 7) is 3.33. The topological polar surface area (TPSA) is 33.3 Å². The van der Waals surface area contributed by atoms with Crippen LogP contribution in [0.1, 0.15) is 45.4 Å². The third kappa shape index (κ3) is 2.51. The quantitative estimate of drug-likeness (QED) is 0.752. The van der Waals surface area contributed by atoms with E-state index in [1.54, 1.807) is 0 Å². The first-order valence-electron chi connectivity index (χ1n) is 6.65. The van der Waals surface area contributed by atoms with E-state index in [4.69, 9.17) is 4.74 Å². The number of ether oxygens (including phenoxy) is 1. The van der Waals surface area contributed by atoms with Gasteiger partial charge in [0.05, 0.1) is 5.70 Å². The van der Waals surface area contributed by atoms with E-state index in [0.717, 1.165) is 13.0 Å². The van der Waals surface area contributed by atoms with Gasteiger partial charge in [0.1, 0.15) is 5.76 Å². The third-order valence-corrected chi connectivity index (χ3v) is 3.72. The molecule has 2 N–H and O–H groups in total. The van der Waals surface area contributed by atoms with Crippen LogP contribution in [0.15, 0.2) is 11.5 Å². The molecule has 0 aromatic carbocycles. The fourth-order valence-corrected chi connectivity index (χ4v) is 2.63. The van der Waals surface area contributed by atoms with Gasteiger partial charge in [-0.25, -0.2) is 0 Å². The first kappa shape index (κ1) is 11.8. The number of rotatable bonds is 5. The van der Waals surface area contributed by atoms with Crippen molar-refractivity contribution in [2.75, 3.05) is 13.6 Å². The number of allylic oxidation sites excluding steroid dienone is 2. The minimum Gasteiger partial charge on any atom is -0.473 e. The minimum absolute atomic E-state index is 0.237. The highest BCUT2D eigenvalue weighted by atomic mass is 16.5. The van der Waals surface area contributed by atoms with E-state index in [0.29, 0.717) is 5.92 Å². The average molecular weight is 224 g/mol. The lowest BCUT2D eigenvalue weighted by Crippen LogP contribution is -2.34. The summed E-state index contributed by atoms with van der Waals surface area (Å²) < 4.78 is 6.06. The van der Waals surface area contributed by atoms with E-state index >= 15 is 0 Å². The SMILES string of the molecule is CCC(CCNC)C1NC2=C(CCCC2)O1. The van der Waals surface area contributed by atoms with Gasteiger partial charge in [-0.15, -0.1) is 0 Å². The first-order chi connectivity index (χ1) is 7.85. The number of nitrogens with one attached hydrogen (secondary N) is 2. The van der Waals surface area contributed by atoms with Crippen molar-refractivity contribution >= 4 is 0 Å². The van der Waals surface area contributed by atoms with Crippen molar-refractivity contribution < 1.29 is 4.74 Å². The molecule has 2 unspecified atom stereocenters. The zero-order chi connectivity index (χ0) is 11.4. The van der Waals surface area contributed by atoms with Crippen molar-refractivity contribution in [3.05, 3.63) is 11.5 Å².